The molecule has 0 aliphatic carbocycles. The van der Waals surface area contributed by atoms with Crippen LogP contribution in [-0.4, -0.2) is 64.2 Å². The van der Waals surface area contributed by atoms with Crippen LogP contribution in [0.5, 0.6) is 5.75 Å². The maximum Gasteiger partial charge on any atom is 0.191 e. The Morgan fingerprint density at radius 1 is 1.31 bits per heavy atom. The highest BCUT2D eigenvalue weighted by atomic mass is 127. The first-order chi connectivity index (χ1) is 13.7. The number of aliphatic hydroxyl groups is 1. The zero-order chi connectivity index (χ0) is 20.0. The Kier molecular flexibility index (Phi) is 14.0. The summed E-state index contributed by atoms with van der Waals surface area (Å²) in [6.45, 7) is 7.12. The molecule has 1 heterocycles. The van der Waals surface area contributed by atoms with Crippen molar-refractivity contribution in [2.24, 2.45) is 10.9 Å². The fourth-order valence-corrected chi connectivity index (χ4v) is 3.02. The van der Waals surface area contributed by atoms with Gasteiger partial charge in [-0.2, -0.15) is 0 Å². The fourth-order valence-electron chi connectivity index (χ4n) is 3.02. The normalized spacial score (nSPS) is 16.0. The monoisotopic (exact) mass is 521 g/mol. The smallest absolute Gasteiger partial charge is 0.191 e. The van der Waals surface area contributed by atoms with Crippen molar-refractivity contribution in [2.45, 2.75) is 32.3 Å². The first kappa shape index (κ1) is 25.9. The molecule has 1 aromatic rings. The van der Waals surface area contributed by atoms with Crippen LogP contribution in [0.15, 0.2) is 29.3 Å². The Hall–Kier alpha value is -1.10. The van der Waals surface area contributed by atoms with Crippen LogP contribution >= 0.6 is 24.0 Å². The van der Waals surface area contributed by atoms with Gasteiger partial charge < -0.3 is 30.0 Å². The molecule has 0 saturated carbocycles. The number of hydrogen-bond acceptors (Lipinski definition) is 5. The van der Waals surface area contributed by atoms with Gasteiger partial charge in [-0.15, -0.1) is 24.0 Å². The van der Waals surface area contributed by atoms with Gasteiger partial charge in [-0.05, 0) is 49.8 Å². The summed E-state index contributed by atoms with van der Waals surface area (Å²) in [7, 11) is 1.62. The number of aliphatic hydroxyl groups excluding tert-OH is 1. The maximum absolute atomic E-state index is 10.4. The van der Waals surface area contributed by atoms with Crippen LogP contribution in [0, 0.1) is 5.92 Å². The molecule has 1 aliphatic rings. The average Bonchev–Trinajstić information content (AvgIpc) is 2.74. The van der Waals surface area contributed by atoms with Crippen LogP contribution in [0.1, 0.15) is 37.9 Å². The molecular formula is C21H36IN3O4. The number of nitrogens with one attached hydrogen (secondary N) is 2. The predicted molar refractivity (Wildman–Crippen MR) is 126 cm³/mol. The Balaban J connectivity index is 0.00000420. The summed E-state index contributed by atoms with van der Waals surface area (Å²) in [5.74, 6) is 2.07. The zero-order valence-corrected chi connectivity index (χ0v) is 19.9. The molecular weight excluding hydrogens is 485 g/mol. The van der Waals surface area contributed by atoms with E-state index >= 15 is 0 Å². The zero-order valence-electron chi connectivity index (χ0n) is 17.6. The number of hydrogen-bond donors (Lipinski definition) is 3. The summed E-state index contributed by atoms with van der Waals surface area (Å²) in [5.41, 5.74) is 0.792. The molecule has 1 atom stereocenters. The van der Waals surface area contributed by atoms with Crippen molar-refractivity contribution in [3.05, 3.63) is 29.8 Å². The third-order valence-electron chi connectivity index (χ3n) is 4.70. The van der Waals surface area contributed by atoms with Crippen LogP contribution < -0.4 is 15.4 Å². The van der Waals surface area contributed by atoms with Crippen molar-refractivity contribution in [3.8, 4) is 5.75 Å². The second kappa shape index (κ2) is 15.7. The molecule has 1 aliphatic heterocycles. The quantitative estimate of drug-likeness (QED) is 0.180. The second-order valence-corrected chi connectivity index (χ2v) is 6.92. The van der Waals surface area contributed by atoms with Gasteiger partial charge in [0.25, 0.3) is 0 Å². The molecule has 1 fully saturated rings. The van der Waals surface area contributed by atoms with E-state index in [0.29, 0.717) is 11.9 Å². The molecule has 0 radical (unpaired) electrons. The van der Waals surface area contributed by atoms with Crippen molar-refractivity contribution in [2.75, 3.05) is 53.2 Å². The number of halogens is 1. The molecule has 3 N–H and O–H groups in total. The molecule has 1 aromatic carbocycles. The summed E-state index contributed by atoms with van der Waals surface area (Å²) in [5, 5.41) is 16.9. The van der Waals surface area contributed by atoms with Crippen molar-refractivity contribution < 1.29 is 19.3 Å². The molecule has 1 saturated heterocycles. The lowest BCUT2D eigenvalue weighted by atomic mass is 10.0. The minimum absolute atomic E-state index is 0. The average molecular weight is 521 g/mol. The van der Waals surface area contributed by atoms with Gasteiger partial charge in [-0.1, -0.05) is 12.1 Å². The van der Waals surface area contributed by atoms with Crippen molar-refractivity contribution >= 4 is 29.9 Å². The van der Waals surface area contributed by atoms with E-state index in [1.165, 1.54) is 0 Å². The third kappa shape index (κ3) is 10.5. The highest BCUT2D eigenvalue weighted by Gasteiger charge is 2.13. The topological polar surface area (TPSA) is 84.3 Å². The minimum Gasteiger partial charge on any atom is -0.497 e. The summed E-state index contributed by atoms with van der Waals surface area (Å²) >= 11 is 0. The van der Waals surface area contributed by atoms with E-state index in [-0.39, 0.29) is 30.5 Å². The van der Waals surface area contributed by atoms with Gasteiger partial charge in [0.1, 0.15) is 5.75 Å². The third-order valence-corrected chi connectivity index (χ3v) is 4.70. The SMILES string of the molecule is CCNC(=NCC(O)c1cccc(OC)c1)NCCCOCC1CCOCC1.I. The molecule has 29 heavy (non-hydrogen) atoms. The Bertz CT molecular complexity index is 583. The molecule has 7 nitrogen and oxygen atoms in total. The first-order valence-corrected chi connectivity index (χ1v) is 10.2. The van der Waals surface area contributed by atoms with E-state index in [1.54, 1.807) is 7.11 Å². The van der Waals surface area contributed by atoms with Gasteiger partial charge in [0.15, 0.2) is 5.96 Å². The highest BCUT2D eigenvalue weighted by molar-refractivity contribution is 14.0. The number of rotatable bonds is 11. The van der Waals surface area contributed by atoms with Gasteiger partial charge in [0, 0.05) is 39.5 Å². The molecule has 0 bridgehead atoms. The van der Waals surface area contributed by atoms with Gasteiger partial charge in [-0.25, -0.2) is 0 Å². The predicted octanol–water partition coefficient (Wildman–Crippen LogP) is 2.74. The Morgan fingerprint density at radius 3 is 2.83 bits per heavy atom. The van der Waals surface area contributed by atoms with E-state index in [2.05, 4.69) is 15.6 Å². The van der Waals surface area contributed by atoms with Gasteiger partial charge in [0.05, 0.1) is 19.8 Å². The largest absolute Gasteiger partial charge is 0.497 e. The van der Waals surface area contributed by atoms with E-state index < -0.39 is 6.10 Å². The molecule has 0 spiro atoms. The lowest BCUT2D eigenvalue weighted by Gasteiger charge is -2.21. The summed E-state index contributed by atoms with van der Waals surface area (Å²) in [6.07, 6.45) is 2.44. The number of nitrogens with zero attached hydrogens (tertiary/aromatic N) is 1. The number of benzene rings is 1. The number of ether oxygens (including phenoxy) is 3. The minimum atomic E-state index is -0.673. The van der Waals surface area contributed by atoms with Crippen LogP contribution in [0.4, 0.5) is 0 Å². The molecule has 2 rings (SSSR count). The molecule has 0 amide bonds. The number of aliphatic imine (C=N–C) groups is 1. The van der Waals surface area contributed by atoms with Crippen LogP contribution in [0.3, 0.4) is 0 Å². The highest BCUT2D eigenvalue weighted by Crippen LogP contribution is 2.19. The number of guanidine groups is 1. The van der Waals surface area contributed by atoms with Crippen LogP contribution in [0.25, 0.3) is 0 Å². The van der Waals surface area contributed by atoms with Crippen molar-refractivity contribution in [3.63, 3.8) is 0 Å². The molecule has 8 heteroatoms. The van der Waals surface area contributed by atoms with Crippen molar-refractivity contribution in [1.29, 1.82) is 0 Å². The molecule has 1 unspecified atom stereocenters. The van der Waals surface area contributed by atoms with Crippen molar-refractivity contribution in [1.82, 2.24) is 10.6 Å². The van der Waals surface area contributed by atoms with Gasteiger partial charge >= 0.3 is 0 Å². The van der Waals surface area contributed by atoms with E-state index in [4.69, 9.17) is 14.2 Å². The van der Waals surface area contributed by atoms with Gasteiger partial charge in [0.2, 0.25) is 0 Å². The second-order valence-electron chi connectivity index (χ2n) is 6.92. The fraction of sp³-hybridized carbons (Fsp3) is 0.667. The molecule has 0 aromatic heterocycles. The van der Waals surface area contributed by atoms with Gasteiger partial charge in [-0.3, -0.25) is 4.99 Å². The number of methoxy groups -OCH3 is 1. The van der Waals surface area contributed by atoms with E-state index in [0.717, 1.165) is 70.1 Å². The standard InChI is InChI=1S/C21H35N3O4.HI/c1-3-22-21(23-10-5-11-28-16-17-8-12-27-13-9-17)24-15-20(25)18-6-4-7-19(14-18)26-2;/h4,6-7,14,17,20,25H,3,5,8-13,15-16H2,1-2H3,(H2,22,23,24);1H. The lowest BCUT2D eigenvalue weighted by molar-refractivity contribution is 0.0203. The van der Waals surface area contributed by atoms with E-state index in [9.17, 15) is 5.11 Å². The Morgan fingerprint density at radius 2 is 2.10 bits per heavy atom. The lowest BCUT2D eigenvalue weighted by Crippen LogP contribution is -2.38. The summed E-state index contributed by atoms with van der Waals surface area (Å²) < 4.78 is 16.4. The van der Waals surface area contributed by atoms with Crippen LogP contribution in [0.2, 0.25) is 0 Å². The Labute approximate surface area is 191 Å². The maximum atomic E-state index is 10.4. The van der Waals surface area contributed by atoms with Crippen LogP contribution in [-0.2, 0) is 9.47 Å². The molecule has 166 valence electrons. The first-order valence-electron chi connectivity index (χ1n) is 10.2. The summed E-state index contributed by atoms with van der Waals surface area (Å²) in [6, 6.07) is 7.43. The summed E-state index contributed by atoms with van der Waals surface area (Å²) in [4.78, 5) is 4.49. The van der Waals surface area contributed by atoms with E-state index in [1.807, 2.05) is 31.2 Å².